The minimum atomic E-state index is -0.353. The van der Waals surface area contributed by atoms with Gasteiger partial charge in [0.05, 0.1) is 22.1 Å². The number of hydrazine groups is 1. The van der Waals surface area contributed by atoms with E-state index in [1.807, 2.05) is 37.3 Å². The number of para-hydroxylation sites is 2. The van der Waals surface area contributed by atoms with Crippen LogP contribution >= 0.6 is 0 Å². The quantitative estimate of drug-likeness (QED) is 0.0760. The number of benzene rings is 3. The predicted octanol–water partition coefficient (Wildman–Crippen LogP) is 8.08. The Morgan fingerprint density at radius 2 is 1.64 bits per heavy atom. The Kier molecular flexibility index (Phi) is 8.40. The van der Waals surface area contributed by atoms with Gasteiger partial charge in [-0.1, -0.05) is 104 Å². The fourth-order valence-electron chi connectivity index (χ4n) is 6.63. The molecule has 0 spiro atoms. The molecule has 224 valence electrons. The molecule has 2 atom stereocenters. The van der Waals surface area contributed by atoms with Crippen LogP contribution in [0, 0.1) is 0 Å². The molecule has 2 heterocycles. The summed E-state index contributed by atoms with van der Waals surface area (Å²) < 4.78 is 4.46. The summed E-state index contributed by atoms with van der Waals surface area (Å²) in [7, 11) is 0. The van der Waals surface area contributed by atoms with Gasteiger partial charge in [-0.15, -0.1) is 0 Å². The minimum absolute atomic E-state index is 0.286. The third kappa shape index (κ3) is 5.11. The topological polar surface area (TPSA) is 99.9 Å². The van der Waals surface area contributed by atoms with E-state index in [9.17, 15) is 0 Å². The second-order valence-electron chi connectivity index (χ2n) is 11.5. The van der Waals surface area contributed by atoms with E-state index in [1.165, 1.54) is 5.57 Å². The molecule has 0 aliphatic heterocycles. The molecule has 2 aromatic heterocycles. The van der Waals surface area contributed by atoms with Gasteiger partial charge in [-0.05, 0) is 62.5 Å². The fraction of sp³-hybridized carbons (Fsp3) is 0.211. The van der Waals surface area contributed by atoms with Gasteiger partial charge in [0, 0.05) is 27.1 Å². The molecule has 0 saturated carbocycles. The van der Waals surface area contributed by atoms with Gasteiger partial charge in [0.25, 0.3) is 0 Å². The first-order valence-corrected chi connectivity index (χ1v) is 15.5. The molecule has 1 aliphatic rings. The van der Waals surface area contributed by atoms with Crippen molar-refractivity contribution in [3.8, 4) is 0 Å². The van der Waals surface area contributed by atoms with Crippen LogP contribution in [0.1, 0.15) is 45.7 Å². The van der Waals surface area contributed by atoms with Gasteiger partial charge < -0.3 is 16.0 Å². The first kappa shape index (κ1) is 29.5. The normalized spacial score (nSPS) is 16.8. The van der Waals surface area contributed by atoms with E-state index in [0.29, 0.717) is 5.82 Å². The third-order valence-corrected chi connectivity index (χ3v) is 8.98. The first-order chi connectivity index (χ1) is 21.5. The number of hydrogen-bond acceptors (Lipinski definition) is 4. The van der Waals surface area contributed by atoms with Crippen molar-refractivity contribution in [2.45, 2.75) is 51.2 Å². The van der Waals surface area contributed by atoms with E-state index in [1.54, 1.807) is 0 Å². The SMILES string of the molecule is C/C=C/C=C\C(NN)n1c2ccccc2c2ccc3c4ccccc4n(/C(N)=C/C=C\CC(N)(CC)C4=CC=CCC4)c3c21. The van der Waals surface area contributed by atoms with Crippen molar-refractivity contribution in [1.82, 2.24) is 14.6 Å². The summed E-state index contributed by atoms with van der Waals surface area (Å²) in [6.07, 6.45) is 24.2. The maximum Gasteiger partial charge on any atom is 0.116 e. The van der Waals surface area contributed by atoms with Crippen LogP contribution in [0.5, 0.6) is 0 Å². The average Bonchev–Trinajstić information content (AvgIpc) is 3.58. The van der Waals surface area contributed by atoms with E-state index < -0.39 is 0 Å². The summed E-state index contributed by atoms with van der Waals surface area (Å²) in [6, 6.07) is 21.3. The summed E-state index contributed by atoms with van der Waals surface area (Å²) in [6.45, 7) is 4.17. The largest absolute Gasteiger partial charge is 0.385 e. The molecule has 0 amide bonds. The zero-order valence-corrected chi connectivity index (χ0v) is 25.6. The predicted molar refractivity (Wildman–Crippen MR) is 189 cm³/mol. The Balaban J connectivity index is 1.55. The zero-order chi connectivity index (χ0) is 30.7. The van der Waals surface area contributed by atoms with E-state index in [4.69, 9.17) is 17.3 Å². The highest BCUT2D eigenvalue weighted by Gasteiger charge is 2.26. The molecular weight excluding hydrogens is 540 g/mol. The number of hydrogen-bond donors (Lipinski definition) is 4. The summed E-state index contributed by atoms with van der Waals surface area (Å²) >= 11 is 0. The molecule has 2 unspecified atom stereocenters. The Hall–Kier alpha value is -4.62. The first-order valence-electron chi connectivity index (χ1n) is 15.5. The molecule has 6 heteroatoms. The molecule has 44 heavy (non-hydrogen) atoms. The second kappa shape index (κ2) is 12.5. The van der Waals surface area contributed by atoms with E-state index in [-0.39, 0.29) is 11.7 Å². The molecule has 5 aromatic rings. The number of allylic oxidation sites excluding steroid dienone is 8. The fourth-order valence-corrected chi connectivity index (χ4v) is 6.63. The van der Waals surface area contributed by atoms with Crippen molar-refractivity contribution in [3.05, 3.63) is 127 Å². The molecule has 0 saturated heterocycles. The number of aromatic nitrogens is 2. The molecule has 1 aliphatic carbocycles. The van der Waals surface area contributed by atoms with Crippen LogP contribution in [-0.4, -0.2) is 14.7 Å². The van der Waals surface area contributed by atoms with Gasteiger partial charge in [-0.3, -0.25) is 10.4 Å². The number of fused-ring (bicyclic) bond motifs is 7. The van der Waals surface area contributed by atoms with Crippen LogP contribution in [0.15, 0.2) is 127 Å². The van der Waals surface area contributed by atoms with E-state index in [2.05, 4.69) is 113 Å². The van der Waals surface area contributed by atoms with Gasteiger partial charge in [0.15, 0.2) is 0 Å². The highest BCUT2D eigenvalue weighted by atomic mass is 15.3. The molecule has 6 rings (SSSR count). The van der Waals surface area contributed by atoms with Gasteiger partial charge in [0.1, 0.15) is 12.0 Å². The number of nitrogens with two attached hydrogens (primary N) is 3. The monoisotopic (exact) mass is 582 g/mol. The second-order valence-corrected chi connectivity index (χ2v) is 11.5. The molecule has 6 nitrogen and oxygen atoms in total. The van der Waals surface area contributed by atoms with Crippen molar-refractivity contribution >= 4 is 49.4 Å². The summed E-state index contributed by atoms with van der Waals surface area (Å²) in [5.41, 5.74) is 22.1. The van der Waals surface area contributed by atoms with Gasteiger partial charge in [-0.2, -0.15) is 0 Å². The molecule has 7 N–H and O–H groups in total. The van der Waals surface area contributed by atoms with Crippen molar-refractivity contribution in [2.75, 3.05) is 0 Å². The lowest BCUT2D eigenvalue weighted by Crippen LogP contribution is -2.41. The summed E-state index contributed by atoms with van der Waals surface area (Å²) in [4.78, 5) is 0. The smallest absolute Gasteiger partial charge is 0.116 e. The van der Waals surface area contributed by atoms with E-state index in [0.717, 1.165) is 69.3 Å². The lowest BCUT2D eigenvalue weighted by molar-refractivity contribution is 0.469. The third-order valence-electron chi connectivity index (χ3n) is 8.98. The van der Waals surface area contributed by atoms with Crippen LogP contribution in [0.2, 0.25) is 0 Å². The lowest BCUT2D eigenvalue weighted by Gasteiger charge is -2.31. The standard InChI is InChI=1S/C38H42N6/c1-3-5-7-23-35(42-41)44-33-21-13-11-19-29(33)31-25-24-30-28-18-10-12-20-32(28)43(36(30)37(31)44)34(39)22-14-15-26-38(40,4-2)27-16-8-6-9-17-27/h3,5-8,10-16,18-25,35,42H,4,9,17,26,39-41H2,1-2H3/b5-3+,15-14-,23-7-,34-22+. The maximum absolute atomic E-state index is 6.99. The molecule has 3 aromatic carbocycles. The molecular formula is C38H42N6. The molecule has 0 radical (unpaired) electrons. The Bertz CT molecular complexity index is 2010. The average molecular weight is 583 g/mol. The van der Waals surface area contributed by atoms with Crippen molar-refractivity contribution in [2.24, 2.45) is 17.3 Å². The Morgan fingerprint density at radius 1 is 0.932 bits per heavy atom. The van der Waals surface area contributed by atoms with Gasteiger partial charge >= 0.3 is 0 Å². The Labute approximate surface area is 259 Å². The van der Waals surface area contributed by atoms with Crippen LogP contribution in [0.3, 0.4) is 0 Å². The number of nitrogens with one attached hydrogen (secondary N) is 1. The molecule has 0 bridgehead atoms. The maximum atomic E-state index is 6.99. The number of rotatable bonds is 10. The Morgan fingerprint density at radius 3 is 2.32 bits per heavy atom. The van der Waals surface area contributed by atoms with Crippen LogP contribution in [-0.2, 0) is 0 Å². The highest BCUT2D eigenvalue weighted by molar-refractivity contribution is 6.23. The van der Waals surface area contributed by atoms with Crippen molar-refractivity contribution in [1.29, 1.82) is 0 Å². The van der Waals surface area contributed by atoms with E-state index >= 15 is 0 Å². The highest BCUT2D eigenvalue weighted by Crippen LogP contribution is 2.41. The van der Waals surface area contributed by atoms with Crippen LogP contribution in [0.4, 0.5) is 0 Å². The lowest BCUT2D eigenvalue weighted by atomic mass is 9.80. The summed E-state index contributed by atoms with van der Waals surface area (Å²) in [5, 5.41) is 4.59. The molecule has 0 fully saturated rings. The number of nitrogens with zero attached hydrogens (tertiary/aromatic N) is 2. The van der Waals surface area contributed by atoms with Gasteiger partial charge in [0.2, 0.25) is 0 Å². The zero-order valence-electron chi connectivity index (χ0n) is 25.6. The van der Waals surface area contributed by atoms with Crippen LogP contribution in [0.25, 0.3) is 49.4 Å². The van der Waals surface area contributed by atoms with Crippen molar-refractivity contribution < 1.29 is 0 Å². The van der Waals surface area contributed by atoms with Crippen molar-refractivity contribution in [3.63, 3.8) is 0 Å². The van der Waals surface area contributed by atoms with Gasteiger partial charge in [-0.25, -0.2) is 5.43 Å². The summed E-state index contributed by atoms with van der Waals surface area (Å²) in [5.74, 6) is 6.85. The van der Waals surface area contributed by atoms with Crippen LogP contribution < -0.4 is 22.7 Å². The minimum Gasteiger partial charge on any atom is -0.385 e.